The van der Waals surface area contributed by atoms with Crippen LogP contribution in [0.3, 0.4) is 0 Å². The molecular formula is H8O4Ru. The van der Waals surface area contributed by atoms with E-state index in [0.29, 0.717) is 0 Å². The fraction of sp³-hybridized carbons (Fsp3) is 0. The van der Waals surface area contributed by atoms with Crippen LogP contribution in [0.2, 0.25) is 0 Å². The zero-order valence-electron chi connectivity index (χ0n) is 2.35. The predicted molar refractivity (Wildman–Crippen MR) is 14.5 cm³/mol. The van der Waals surface area contributed by atoms with Crippen molar-refractivity contribution in [1.82, 2.24) is 0 Å². The van der Waals surface area contributed by atoms with Gasteiger partial charge >= 0.3 is 0 Å². The Labute approximate surface area is 42.2 Å². The number of hydrogen-bond acceptors (Lipinski definition) is 0. The van der Waals surface area contributed by atoms with Gasteiger partial charge in [-0.3, -0.25) is 0 Å². The molecule has 5 heteroatoms. The summed E-state index contributed by atoms with van der Waals surface area (Å²) in [7, 11) is 0. The first kappa shape index (κ1) is 507. The van der Waals surface area contributed by atoms with Crippen LogP contribution >= 0.6 is 0 Å². The maximum Gasteiger partial charge on any atom is 0 e. The first-order valence-electron chi connectivity index (χ1n) is 0. The minimum atomic E-state index is 0. The Morgan fingerprint density at radius 1 is 0.400 bits per heavy atom. The molecule has 0 rings (SSSR count). The van der Waals surface area contributed by atoms with Gasteiger partial charge in [-0.25, -0.2) is 0 Å². The van der Waals surface area contributed by atoms with Crippen LogP contribution in [0.4, 0.5) is 0 Å². The quantitative estimate of drug-likeness (QED) is 0.340. The van der Waals surface area contributed by atoms with Crippen molar-refractivity contribution >= 4 is 0 Å². The van der Waals surface area contributed by atoms with Gasteiger partial charge in [0.25, 0.3) is 0 Å². The van der Waals surface area contributed by atoms with E-state index in [1.54, 1.807) is 0 Å². The van der Waals surface area contributed by atoms with Gasteiger partial charge in [-0.15, -0.1) is 0 Å². The standard InChI is InChI=1S/4H2O.Ru/h4*1H2;. The smallest absolute Gasteiger partial charge is 0 e. The zero-order chi connectivity index (χ0) is 0. The molecule has 0 aromatic carbocycles. The minimum absolute atomic E-state index is 0. The largest absolute Gasteiger partial charge is 0.412 e. The Morgan fingerprint density at radius 2 is 0.400 bits per heavy atom. The Hall–Kier alpha value is 0.463. The molecule has 0 unspecified atom stereocenters. The van der Waals surface area contributed by atoms with E-state index in [0.717, 1.165) is 0 Å². The van der Waals surface area contributed by atoms with Crippen LogP contribution in [0.25, 0.3) is 0 Å². The van der Waals surface area contributed by atoms with Crippen LogP contribution in [0.15, 0.2) is 0 Å². The molecule has 0 aliphatic rings. The second-order valence-corrected chi connectivity index (χ2v) is 0. The molecule has 0 heterocycles. The molecule has 0 radical (unpaired) electrons. The predicted octanol–water partition coefficient (Wildman–Crippen LogP) is -3.30. The van der Waals surface area contributed by atoms with Gasteiger partial charge in [-0.1, -0.05) is 0 Å². The maximum absolute atomic E-state index is 0. The number of rotatable bonds is 0. The van der Waals surface area contributed by atoms with Crippen LogP contribution in [-0.2, 0) is 19.5 Å². The molecule has 4 nitrogen and oxygen atoms in total. The minimum Gasteiger partial charge on any atom is -0.412 e. The molecule has 0 bridgehead atoms. The first-order chi connectivity index (χ1) is 0. The fourth-order valence-corrected chi connectivity index (χ4v) is 0. The van der Waals surface area contributed by atoms with Crippen molar-refractivity contribution < 1.29 is 41.4 Å². The first-order valence-corrected chi connectivity index (χ1v) is 0. The maximum atomic E-state index is 0. The molecule has 0 fully saturated rings. The van der Waals surface area contributed by atoms with Gasteiger partial charge in [-0.05, 0) is 0 Å². The third-order valence-corrected chi connectivity index (χ3v) is 0. The Bertz CT molecular complexity index is 3.61. The van der Waals surface area contributed by atoms with Crippen LogP contribution in [0.5, 0.6) is 0 Å². The average Bonchev–Trinajstić information content (AvgIpc) is 0. The van der Waals surface area contributed by atoms with Gasteiger partial charge < -0.3 is 21.9 Å². The Balaban J connectivity index is 0. The summed E-state index contributed by atoms with van der Waals surface area (Å²) in [5.74, 6) is 0. The van der Waals surface area contributed by atoms with Gasteiger partial charge in [0.15, 0.2) is 0 Å². The molecule has 0 aromatic heterocycles. The van der Waals surface area contributed by atoms with E-state index in [9.17, 15) is 0 Å². The molecule has 0 spiro atoms. The van der Waals surface area contributed by atoms with Crippen LogP contribution in [-0.4, -0.2) is 21.9 Å². The van der Waals surface area contributed by atoms with E-state index in [1.165, 1.54) is 0 Å². The molecule has 0 saturated carbocycles. The SMILES string of the molecule is O.O.O.O.[Ru]. The van der Waals surface area contributed by atoms with Gasteiger partial charge in [0, 0.05) is 19.5 Å². The summed E-state index contributed by atoms with van der Waals surface area (Å²) in [4.78, 5) is 0. The van der Waals surface area contributed by atoms with Crippen molar-refractivity contribution in [2.75, 3.05) is 0 Å². The van der Waals surface area contributed by atoms with Crippen molar-refractivity contribution in [3.63, 3.8) is 0 Å². The third kappa shape index (κ3) is 126. The van der Waals surface area contributed by atoms with E-state index in [-0.39, 0.29) is 41.4 Å². The van der Waals surface area contributed by atoms with E-state index >= 15 is 0 Å². The van der Waals surface area contributed by atoms with E-state index in [1.807, 2.05) is 0 Å². The third-order valence-electron chi connectivity index (χ3n) is 0. The molecule has 40 valence electrons. The van der Waals surface area contributed by atoms with Crippen molar-refractivity contribution in [1.29, 1.82) is 0 Å². The molecule has 5 heavy (non-hydrogen) atoms. The average molecular weight is 173 g/mol. The van der Waals surface area contributed by atoms with Gasteiger partial charge in [0.05, 0.1) is 0 Å². The molecule has 8 N–H and O–H groups in total. The van der Waals surface area contributed by atoms with Crippen molar-refractivity contribution in [2.45, 2.75) is 0 Å². The molecule has 0 saturated heterocycles. The summed E-state index contributed by atoms with van der Waals surface area (Å²) in [6, 6.07) is 0. The van der Waals surface area contributed by atoms with Crippen LogP contribution < -0.4 is 0 Å². The molecule has 0 aliphatic carbocycles. The van der Waals surface area contributed by atoms with Crippen molar-refractivity contribution in [3.05, 3.63) is 0 Å². The second-order valence-electron chi connectivity index (χ2n) is 0. The van der Waals surface area contributed by atoms with E-state index < -0.39 is 0 Å². The summed E-state index contributed by atoms with van der Waals surface area (Å²) in [5, 5.41) is 0. The molecule has 0 amide bonds. The number of hydrogen-bond donors (Lipinski definition) is 0. The van der Waals surface area contributed by atoms with Crippen LogP contribution in [0.1, 0.15) is 0 Å². The second kappa shape index (κ2) is 249. The van der Waals surface area contributed by atoms with Gasteiger partial charge in [0.1, 0.15) is 0 Å². The fourth-order valence-electron chi connectivity index (χ4n) is 0. The summed E-state index contributed by atoms with van der Waals surface area (Å²) < 4.78 is 0. The zero-order valence-corrected chi connectivity index (χ0v) is 4.09. The van der Waals surface area contributed by atoms with Crippen molar-refractivity contribution in [2.24, 2.45) is 0 Å². The normalized spacial score (nSPS) is 0. The summed E-state index contributed by atoms with van der Waals surface area (Å²) >= 11 is 0. The molecule has 0 aliphatic heterocycles. The van der Waals surface area contributed by atoms with E-state index in [4.69, 9.17) is 0 Å². The molecule has 0 aromatic rings. The molecular weight excluding hydrogens is 165 g/mol. The Morgan fingerprint density at radius 3 is 0.400 bits per heavy atom. The summed E-state index contributed by atoms with van der Waals surface area (Å²) in [5.41, 5.74) is 0. The topological polar surface area (TPSA) is 126 Å². The van der Waals surface area contributed by atoms with Crippen molar-refractivity contribution in [3.8, 4) is 0 Å². The van der Waals surface area contributed by atoms with E-state index in [2.05, 4.69) is 0 Å². The molecule has 0 atom stereocenters. The van der Waals surface area contributed by atoms with Gasteiger partial charge in [-0.2, -0.15) is 0 Å². The summed E-state index contributed by atoms with van der Waals surface area (Å²) in [6.07, 6.45) is 0. The van der Waals surface area contributed by atoms with Gasteiger partial charge in [0.2, 0.25) is 0 Å². The Kier molecular flexibility index (Phi) is 25300. The monoisotopic (exact) mass is 174 g/mol. The van der Waals surface area contributed by atoms with Crippen LogP contribution in [0, 0.1) is 0 Å². The summed E-state index contributed by atoms with van der Waals surface area (Å²) in [6.45, 7) is 0.